The average molecular weight is 282 g/mol. The third kappa shape index (κ3) is 3.36. The topological polar surface area (TPSA) is 15.3 Å². The molecule has 1 aliphatic rings. The number of rotatable bonds is 6. The van der Waals surface area contributed by atoms with Crippen molar-refractivity contribution in [1.82, 2.24) is 10.2 Å². The van der Waals surface area contributed by atoms with Gasteiger partial charge < -0.3 is 10.2 Å². The Balaban J connectivity index is 1.92. The van der Waals surface area contributed by atoms with Gasteiger partial charge in [-0.3, -0.25) is 0 Å². The Hall–Kier alpha value is -1.00. The molecule has 1 aliphatic carbocycles. The van der Waals surface area contributed by atoms with Crippen LogP contribution in [0.3, 0.4) is 0 Å². The highest BCUT2D eigenvalue weighted by molar-refractivity contribution is 5.20. The van der Waals surface area contributed by atoms with E-state index in [1.165, 1.54) is 25.0 Å². The molecule has 1 fully saturated rings. The second-order valence-corrected chi connectivity index (χ2v) is 6.00. The Morgan fingerprint density at radius 1 is 1.15 bits per heavy atom. The molecule has 20 heavy (non-hydrogen) atoms. The lowest BCUT2D eigenvalue weighted by Crippen LogP contribution is -2.51. The van der Waals surface area contributed by atoms with Gasteiger partial charge in [0.25, 0.3) is 5.92 Å². The zero-order valence-electron chi connectivity index (χ0n) is 12.3. The maximum absolute atomic E-state index is 14.1. The number of likely N-dealkylation sites (N-methyl/N-ethyl adjacent to an activating group) is 1. The Labute approximate surface area is 120 Å². The predicted octanol–water partition coefficient (Wildman–Crippen LogP) is 3.24. The van der Waals surface area contributed by atoms with E-state index < -0.39 is 5.92 Å². The van der Waals surface area contributed by atoms with Crippen LogP contribution in [0.2, 0.25) is 0 Å². The maximum atomic E-state index is 14.1. The molecule has 1 saturated carbocycles. The highest BCUT2D eigenvalue weighted by Crippen LogP contribution is 2.33. The average Bonchev–Trinajstić information content (AvgIpc) is 2.90. The molecule has 0 bridgehead atoms. The molecule has 0 amide bonds. The third-order valence-corrected chi connectivity index (χ3v) is 4.48. The Morgan fingerprint density at radius 3 is 2.30 bits per heavy atom. The van der Waals surface area contributed by atoms with Gasteiger partial charge in [0.1, 0.15) is 0 Å². The number of alkyl halides is 2. The van der Waals surface area contributed by atoms with Crippen LogP contribution in [0.15, 0.2) is 30.3 Å². The SMILES string of the molecule is CN(C)C1(CNCC(F)(F)c2ccccc2)CCCC1. The second kappa shape index (κ2) is 6.19. The van der Waals surface area contributed by atoms with Gasteiger partial charge in [0.05, 0.1) is 6.54 Å². The van der Waals surface area contributed by atoms with Crippen LogP contribution < -0.4 is 5.32 Å². The minimum atomic E-state index is -2.81. The molecule has 1 aromatic rings. The van der Waals surface area contributed by atoms with Crippen LogP contribution in [-0.4, -0.2) is 37.6 Å². The van der Waals surface area contributed by atoms with Crippen molar-refractivity contribution in [3.05, 3.63) is 35.9 Å². The first-order valence-electron chi connectivity index (χ1n) is 7.28. The molecule has 0 spiro atoms. The molecule has 0 saturated heterocycles. The largest absolute Gasteiger partial charge is 0.309 e. The van der Waals surface area contributed by atoms with Crippen LogP contribution in [0.1, 0.15) is 31.2 Å². The molecular weight excluding hydrogens is 258 g/mol. The maximum Gasteiger partial charge on any atom is 0.285 e. The molecule has 0 radical (unpaired) electrons. The summed E-state index contributed by atoms with van der Waals surface area (Å²) in [6.45, 7) is 0.328. The summed E-state index contributed by atoms with van der Waals surface area (Å²) in [6, 6.07) is 8.04. The Bertz CT molecular complexity index is 412. The number of hydrogen-bond acceptors (Lipinski definition) is 2. The molecule has 4 heteroatoms. The van der Waals surface area contributed by atoms with Gasteiger partial charge in [-0.1, -0.05) is 43.2 Å². The summed E-state index contributed by atoms with van der Waals surface area (Å²) >= 11 is 0. The summed E-state index contributed by atoms with van der Waals surface area (Å²) in [5.74, 6) is -2.81. The quantitative estimate of drug-likeness (QED) is 0.861. The number of benzene rings is 1. The normalized spacial score (nSPS) is 18.6. The first kappa shape index (κ1) is 15.4. The third-order valence-electron chi connectivity index (χ3n) is 4.48. The van der Waals surface area contributed by atoms with Crippen molar-refractivity contribution in [3.63, 3.8) is 0 Å². The van der Waals surface area contributed by atoms with Crippen molar-refractivity contribution < 1.29 is 8.78 Å². The van der Waals surface area contributed by atoms with Gasteiger partial charge in [-0.2, -0.15) is 8.78 Å². The van der Waals surface area contributed by atoms with Crippen LogP contribution in [-0.2, 0) is 5.92 Å². The highest BCUT2D eigenvalue weighted by Gasteiger charge is 2.37. The molecular formula is C16H24F2N2. The van der Waals surface area contributed by atoms with E-state index in [-0.39, 0.29) is 17.6 Å². The van der Waals surface area contributed by atoms with E-state index in [4.69, 9.17) is 0 Å². The van der Waals surface area contributed by atoms with Gasteiger partial charge in [-0.25, -0.2) is 0 Å². The molecule has 0 heterocycles. The van der Waals surface area contributed by atoms with Gasteiger partial charge >= 0.3 is 0 Å². The van der Waals surface area contributed by atoms with E-state index in [0.717, 1.165) is 12.8 Å². The van der Waals surface area contributed by atoms with Crippen molar-refractivity contribution in [3.8, 4) is 0 Å². The number of hydrogen-bond donors (Lipinski definition) is 1. The molecule has 0 atom stereocenters. The van der Waals surface area contributed by atoms with Crippen molar-refractivity contribution in [2.45, 2.75) is 37.1 Å². The fourth-order valence-corrected chi connectivity index (χ4v) is 3.05. The summed E-state index contributed by atoms with van der Waals surface area (Å²) in [7, 11) is 4.09. The first-order chi connectivity index (χ1) is 9.46. The van der Waals surface area contributed by atoms with Crippen molar-refractivity contribution in [2.75, 3.05) is 27.2 Å². The summed E-state index contributed by atoms with van der Waals surface area (Å²) in [4.78, 5) is 2.19. The van der Waals surface area contributed by atoms with Gasteiger partial charge in [-0.05, 0) is 26.9 Å². The summed E-state index contributed by atoms with van der Waals surface area (Å²) in [5.41, 5.74) is 0.130. The Morgan fingerprint density at radius 2 is 1.75 bits per heavy atom. The van der Waals surface area contributed by atoms with Crippen molar-refractivity contribution in [1.29, 1.82) is 0 Å². The molecule has 0 unspecified atom stereocenters. The second-order valence-electron chi connectivity index (χ2n) is 6.00. The monoisotopic (exact) mass is 282 g/mol. The lowest BCUT2D eigenvalue weighted by atomic mass is 9.96. The standard InChI is InChI=1S/C16H24F2N2/c1-20(2)15(10-6-7-11-15)12-19-13-16(17,18)14-8-4-3-5-9-14/h3-5,8-9,19H,6-7,10-13H2,1-2H3. The fraction of sp³-hybridized carbons (Fsp3) is 0.625. The van der Waals surface area contributed by atoms with Crippen LogP contribution in [0, 0.1) is 0 Å². The van der Waals surface area contributed by atoms with Gasteiger partial charge in [0.15, 0.2) is 0 Å². The van der Waals surface area contributed by atoms with E-state index in [0.29, 0.717) is 6.54 Å². The Kier molecular flexibility index (Phi) is 4.76. The van der Waals surface area contributed by atoms with E-state index in [9.17, 15) is 8.78 Å². The molecule has 112 valence electrons. The van der Waals surface area contributed by atoms with Crippen LogP contribution in [0.5, 0.6) is 0 Å². The highest BCUT2D eigenvalue weighted by atomic mass is 19.3. The summed E-state index contributed by atoms with van der Waals surface area (Å²) in [5, 5.41) is 3.00. The number of nitrogens with one attached hydrogen (secondary N) is 1. The number of halogens is 2. The zero-order valence-corrected chi connectivity index (χ0v) is 12.3. The molecule has 1 N–H and O–H groups in total. The van der Waals surface area contributed by atoms with E-state index in [1.807, 2.05) is 14.1 Å². The molecule has 1 aromatic carbocycles. The lowest BCUT2D eigenvalue weighted by molar-refractivity contribution is -0.00663. The lowest BCUT2D eigenvalue weighted by Gasteiger charge is -2.37. The minimum absolute atomic E-state index is 0.0484. The van der Waals surface area contributed by atoms with Crippen LogP contribution >= 0.6 is 0 Å². The van der Waals surface area contributed by atoms with E-state index in [1.54, 1.807) is 18.2 Å². The van der Waals surface area contributed by atoms with Crippen molar-refractivity contribution >= 4 is 0 Å². The van der Waals surface area contributed by atoms with Gasteiger partial charge in [0.2, 0.25) is 0 Å². The summed E-state index contributed by atoms with van der Waals surface area (Å²) in [6.07, 6.45) is 4.55. The molecule has 0 aromatic heterocycles. The van der Waals surface area contributed by atoms with E-state index in [2.05, 4.69) is 10.2 Å². The molecule has 2 nitrogen and oxygen atoms in total. The predicted molar refractivity (Wildman–Crippen MR) is 78.1 cm³/mol. The molecule has 2 rings (SSSR count). The zero-order chi connectivity index (χ0) is 14.6. The fourth-order valence-electron chi connectivity index (χ4n) is 3.05. The van der Waals surface area contributed by atoms with Gasteiger partial charge in [-0.15, -0.1) is 0 Å². The first-order valence-corrected chi connectivity index (χ1v) is 7.28. The minimum Gasteiger partial charge on any atom is -0.309 e. The van der Waals surface area contributed by atoms with Crippen molar-refractivity contribution in [2.24, 2.45) is 0 Å². The summed E-state index contributed by atoms with van der Waals surface area (Å²) < 4.78 is 28.2. The number of nitrogens with zero attached hydrogens (tertiary/aromatic N) is 1. The van der Waals surface area contributed by atoms with Crippen LogP contribution in [0.4, 0.5) is 8.78 Å². The smallest absolute Gasteiger partial charge is 0.285 e. The molecule has 0 aliphatic heterocycles. The van der Waals surface area contributed by atoms with Crippen LogP contribution in [0.25, 0.3) is 0 Å². The van der Waals surface area contributed by atoms with E-state index >= 15 is 0 Å². The van der Waals surface area contributed by atoms with Gasteiger partial charge in [0, 0.05) is 17.6 Å².